The number of hydrogen-bond acceptors (Lipinski definition) is 0. The van der Waals surface area contributed by atoms with Gasteiger partial charge in [-0.05, 0) is 539 Å². The first-order valence-electron chi connectivity index (χ1n) is 62.0. The van der Waals surface area contributed by atoms with Crippen molar-refractivity contribution in [3.05, 3.63) is 0 Å². The molecule has 0 aromatic heterocycles. The van der Waals surface area contributed by atoms with Gasteiger partial charge in [-0.1, -0.05) is 274 Å². The molecule has 0 radical (unpaired) electrons. The van der Waals surface area contributed by atoms with Crippen LogP contribution in [-0.4, -0.2) is 0 Å². The molecule has 31 fully saturated rings. The van der Waals surface area contributed by atoms with E-state index >= 15 is 0 Å². The third-order valence-electron chi connectivity index (χ3n) is 52.7. The standard InChI is InChI=1S/C17H28.C16H28.C16H30.C15H26.C15H28.C14H24.C13H22.C13H24.C10H18/c1-3-17(2)10-13-8-9-14(17)16-12-6-4-11(5-7-12)15(13)16;1-3-5-6-16(4-2)14-8-12-7-13(10-14)11-15(16)9-12;1-3-5-6-7-12-16(4-2)13-14-8-10-15(16)11-9-14;1-3-5-15(4-2)13-7-11-6-12(9-13)10-14(15)8-11;1-7-15(13(2,3)4)10-11-8-9-12(15)14(11,5)6;1-3-14(4-2)12-6-10-5-11(8-12)9-13(14)7-10;1-3-13(2)11-5-9-4-10(7-11)8-12(13)6-9;1-2-13(10-6-7-11-13)12-8-4-3-5-9-12;1-3-10(2)7-8-4-5-9(10)6-8/h11-16H,3-10H2,1-2H3;12-15H,3-11H2,1-2H3;14-15H,3-13H2,1-2H3;11-14H,3-10H2,1-2H3;11-12H,7-10H2,1-6H3;10-13H,3-9H2,1-2H3;9-12H,3-8H2,1-2H3;12H,2-11H2,1H3;8-9H,3-7H2,1-2H3. The molecule has 0 saturated heterocycles. The van der Waals surface area contributed by atoms with Crippen molar-refractivity contribution in [2.45, 2.75) is 582 Å². The van der Waals surface area contributed by atoms with Crippen LogP contribution in [0.3, 0.4) is 0 Å². The predicted molar refractivity (Wildman–Crippen MR) is 561 cm³/mol. The van der Waals surface area contributed by atoms with E-state index in [0.717, 1.165) is 203 Å². The van der Waals surface area contributed by atoms with Crippen molar-refractivity contribution < 1.29 is 0 Å². The van der Waals surface area contributed by atoms with Crippen LogP contribution in [0, 0.1) is 231 Å². The predicted octanol–water partition coefficient (Wildman–Crippen LogP) is 40.9. The van der Waals surface area contributed by atoms with Crippen LogP contribution in [0.25, 0.3) is 0 Å². The molecular formula is C129H228. The number of hydrogen-bond donors (Lipinski definition) is 0. The zero-order valence-corrected chi connectivity index (χ0v) is 91.3. The minimum atomic E-state index is 0.485. The van der Waals surface area contributed by atoms with Gasteiger partial charge in [0, 0.05) is 0 Å². The van der Waals surface area contributed by atoms with Gasteiger partial charge in [0.25, 0.3) is 0 Å². The molecule has 26 bridgehead atoms. The lowest BCUT2D eigenvalue weighted by atomic mass is 9.40. The molecule has 31 saturated carbocycles. The molecule has 31 aliphatic rings. The van der Waals surface area contributed by atoms with E-state index < -0.39 is 0 Å². The van der Waals surface area contributed by atoms with Gasteiger partial charge >= 0.3 is 0 Å². The summed E-state index contributed by atoms with van der Waals surface area (Å²) in [5.74, 6) is 32.5. The first-order chi connectivity index (χ1) is 62.0. The smallest absolute Gasteiger partial charge is 0.0215 e. The van der Waals surface area contributed by atoms with Crippen molar-refractivity contribution >= 4 is 0 Å². The first kappa shape index (κ1) is 102. The fraction of sp³-hybridized carbons (Fsp3) is 1.00. The Bertz CT molecular complexity index is 3260. The quantitative estimate of drug-likeness (QED) is 0.101. The van der Waals surface area contributed by atoms with Crippen LogP contribution in [0.1, 0.15) is 582 Å². The van der Waals surface area contributed by atoms with Gasteiger partial charge in [0.05, 0.1) is 0 Å². The van der Waals surface area contributed by atoms with E-state index in [1.54, 1.807) is 257 Å². The fourth-order valence-corrected chi connectivity index (χ4v) is 45.4. The second-order valence-corrected chi connectivity index (χ2v) is 57.9. The van der Waals surface area contributed by atoms with Crippen LogP contribution in [0.15, 0.2) is 0 Å². The lowest BCUT2D eigenvalue weighted by Gasteiger charge is -2.65. The van der Waals surface area contributed by atoms with Crippen molar-refractivity contribution in [3.8, 4) is 0 Å². The molecule has 0 heteroatoms. The van der Waals surface area contributed by atoms with Crippen LogP contribution in [-0.2, 0) is 0 Å². The second kappa shape index (κ2) is 42.3. The van der Waals surface area contributed by atoms with Crippen molar-refractivity contribution in [2.24, 2.45) is 231 Å². The van der Waals surface area contributed by atoms with Gasteiger partial charge in [-0.15, -0.1) is 0 Å². The monoisotopic (exact) mass is 1780 g/mol. The highest BCUT2D eigenvalue weighted by molar-refractivity contribution is 5.15. The van der Waals surface area contributed by atoms with Gasteiger partial charge in [-0.25, -0.2) is 0 Å². The Hall–Kier alpha value is 0. The molecule has 31 rings (SSSR count). The Morgan fingerprint density at radius 2 is 0.682 bits per heavy atom. The average Bonchev–Trinajstić information content (AvgIpc) is 1.62. The van der Waals surface area contributed by atoms with E-state index in [9.17, 15) is 0 Å². The van der Waals surface area contributed by atoms with Crippen LogP contribution >= 0.6 is 0 Å². The summed E-state index contributed by atoms with van der Waals surface area (Å²) in [6.07, 6.45) is 104. The highest BCUT2D eigenvalue weighted by Gasteiger charge is 2.66. The summed E-state index contributed by atoms with van der Waals surface area (Å²) in [6.45, 7) is 51.6. The van der Waals surface area contributed by atoms with Crippen LogP contribution in [0.5, 0.6) is 0 Å². The molecule has 0 aromatic rings. The Kier molecular flexibility index (Phi) is 33.4. The Morgan fingerprint density at radius 3 is 1.04 bits per heavy atom. The fourth-order valence-electron chi connectivity index (χ4n) is 45.4. The molecule has 31 aliphatic carbocycles. The van der Waals surface area contributed by atoms with Crippen molar-refractivity contribution in [2.75, 3.05) is 0 Å². The summed E-state index contributed by atoms with van der Waals surface area (Å²) in [7, 11) is 0. The molecule has 0 spiro atoms. The maximum Gasteiger partial charge on any atom is -0.0215 e. The van der Waals surface area contributed by atoms with Gasteiger partial charge in [0.1, 0.15) is 0 Å². The molecule has 0 heterocycles. The zero-order chi connectivity index (χ0) is 91.3. The lowest BCUT2D eigenvalue weighted by molar-refractivity contribution is -0.163. The molecule has 0 aliphatic heterocycles. The molecule has 0 aromatic carbocycles. The van der Waals surface area contributed by atoms with E-state index in [4.69, 9.17) is 0 Å². The molecule has 0 N–H and O–H groups in total. The van der Waals surface area contributed by atoms with Crippen molar-refractivity contribution in [3.63, 3.8) is 0 Å². The molecule has 12 atom stereocenters. The summed E-state index contributed by atoms with van der Waals surface area (Å²) < 4.78 is 0. The van der Waals surface area contributed by atoms with E-state index in [0.29, 0.717) is 16.2 Å². The summed E-state index contributed by atoms with van der Waals surface area (Å²) in [5.41, 5.74) is 7.91. The molecule has 0 nitrogen and oxygen atoms in total. The second-order valence-electron chi connectivity index (χ2n) is 57.9. The van der Waals surface area contributed by atoms with Crippen LogP contribution in [0.2, 0.25) is 0 Å². The first-order valence-corrected chi connectivity index (χ1v) is 62.0. The summed E-state index contributed by atoms with van der Waals surface area (Å²) in [6, 6.07) is 0. The van der Waals surface area contributed by atoms with Gasteiger partial charge in [-0.2, -0.15) is 0 Å². The summed E-state index contributed by atoms with van der Waals surface area (Å²) >= 11 is 0. The molecule has 744 valence electrons. The number of unbranched alkanes of at least 4 members (excludes halogenated alkanes) is 4. The van der Waals surface area contributed by atoms with Gasteiger partial charge in [0.15, 0.2) is 0 Å². The van der Waals surface area contributed by atoms with Crippen LogP contribution in [0.4, 0.5) is 0 Å². The van der Waals surface area contributed by atoms with Crippen LogP contribution < -0.4 is 0 Å². The third kappa shape index (κ3) is 19.7. The van der Waals surface area contributed by atoms with E-state index in [-0.39, 0.29) is 0 Å². The minimum absolute atomic E-state index is 0.485. The van der Waals surface area contributed by atoms with Gasteiger partial charge in [-0.3, -0.25) is 0 Å². The minimum Gasteiger partial charge on any atom is -0.0654 e. The van der Waals surface area contributed by atoms with E-state index in [1.807, 2.05) is 0 Å². The lowest BCUT2D eigenvalue weighted by Crippen LogP contribution is -2.58. The molecule has 129 heavy (non-hydrogen) atoms. The van der Waals surface area contributed by atoms with Gasteiger partial charge < -0.3 is 0 Å². The SMILES string of the molecule is CCC1(C(C)(C)C)CC2CCC1C2(C)C.CCC1(C)C2CC3CC(C2)CC1C3.CCC1(C)CC2CCC1C1C3CCC(CC3)C21.CCC1(C)CC2CCC1C2.CCC1(C2CCCCC2)CCCC1.CCC1(CC)C2CC3CC(C2)CC1C3.CCCC1(CC)C2CC3CC(C2)CC1C3.CCCCC1(CC)C2CC3CC(C2)CC1C3.CCCCCCC1(CC)CC2CCC1CC2. The highest BCUT2D eigenvalue weighted by Crippen LogP contribution is 2.75. The largest absolute Gasteiger partial charge is 0.0654 e. The molecular weight excluding hydrogens is 1550 g/mol. The Morgan fingerprint density at radius 1 is 0.248 bits per heavy atom. The normalized spacial score (nSPS) is 48.2. The maximum absolute atomic E-state index is 2.63. The van der Waals surface area contributed by atoms with Crippen molar-refractivity contribution in [1.29, 1.82) is 0 Å². The zero-order valence-electron chi connectivity index (χ0n) is 91.3. The topological polar surface area (TPSA) is 0 Å². The van der Waals surface area contributed by atoms with E-state index in [2.05, 4.69) is 145 Å². The maximum atomic E-state index is 2.63. The molecule has 12 unspecified atom stereocenters. The summed E-state index contributed by atoms with van der Waals surface area (Å²) in [5, 5.41) is 0. The average molecular weight is 1780 g/mol. The van der Waals surface area contributed by atoms with Gasteiger partial charge in [0.2, 0.25) is 0 Å². The van der Waals surface area contributed by atoms with E-state index in [1.165, 1.54) is 192 Å². The van der Waals surface area contributed by atoms with Crippen molar-refractivity contribution in [1.82, 2.24) is 0 Å². The third-order valence-corrected chi connectivity index (χ3v) is 52.7. The Balaban J connectivity index is 0.000000107. The highest BCUT2D eigenvalue weighted by atomic mass is 14.7. The Labute approximate surface area is 807 Å². The number of fused-ring (bicyclic) bond motifs is 11. The number of rotatable bonds is 21. The molecule has 0 amide bonds. The summed E-state index contributed by atoms with van der Waals surface area (Å²) in [4.78, 5) is 0.